The number of aromatic carboxylic acids is 1. The molecule has 0 amide bonds. The van der Waals surface area contributed by atoms with Crippen LogP contribution in [0.4, 0.5) is 0 Å². The summed E-state index contributed by atoms with van der Waals surface area (Å²) < 4.78 is 5.16. The largest absolute Gasteiger partial charge is 0.475 e. The Labute approximate surface area is 102 Å². The fourth-order valence-corrected chi connectivity index (χ4v) is 1.55. The number of hydrogen-bond acceptors (Lipinski definition) is 3. The van der Waals surface area contributed by atoms with Gasteiger partial charge in [-0.05, 0) is 37.8 Å². The minimum Gasteiger partial charge on any atom is -0.475 e. The molecule has 4 nitrogen and oxygen atoms in total. The van der Waals surface area contributed by atoms with E-state index in [2.05, 4.69) is 26.1 Å². The highest BCUT2D eigenvalue weighted by Crippen LogP contribution is 2.10. The first-order valence-electron chi connectivity index (χ1n) is 6.04. The Morgan fingerprint density at radius 1 is 1.35 bits per heavy atom. The molecule has 0 radical (unpaired) electrons. The van der Waals surface area contributed by atoms with Gasteiger partial charge in [0.05, 0.1) is 6.54 Å². The second-order valence-corrected chi connectivity index (χ2v) is 4.82. The van der Waals surface area contributed by atoms with Crippen LogP contribution in [0.3, 0.4) is 0 Å². The minimum atomic E-state index is -1.02. The summed E-state index contributed by atoms with van der Waals surface area (Å²) in [6, 6.07) is 3.60. The van der Waals surface area contributed by atoms with Gasteiger partial charge >= 0.3 is 5.97 Å². The molecule has 1 unspecified atom stereocenters. The Kier molecular flexibility index (Phi) is 5.22. The van der Waals surface area contributed by atoms with Crippen molar-refractivity contribution in [2.45, 2.75) is 46.2 Å². The van der Waals surface area contributed by atoms with Crippen molar-refractivity contribution in [3.8, 4) is 0 Å². The third kappa shape index (κ3) is 5.04. The lowest BCUT2D eigenvalue weighted by Crippen LogP contribution is -2.25. The van der Waals surface area contributed by atoms with Crippen LogP contribution in [-0.4, -0.2) is 17.1 Å². The molecule has 0 spiro atoms. The highest BCUT2D eigenvalue weighted by atomic mass is 16.4. The Morgan fingerprint density at radius 2 is 2.06 bits per heavy atom. The average Bonchev–Trinajstić information content (AvgIpc) is 2.72. The molecule has 1 aromatic rings. The molecule has 17 heavy (non-hydrogen) atoms. The van der Waals surface area contributed by atoms with E-state index in [4.69, 9.17) is 9.52 Å². The number of nitrogens with one attached hydrogen (secondary N) is 1. The van der Waals surface area contributed by atoms with Gasteiger partial charge in [-0.15, -0.1) is 0 Å². The van der Waals surface area contributed by atoms with Crippen LogP contribution in [0.1, 0.15) is 49.9 Å². The maximum atomic E-state index is 10.6. The number of carboxylic acids is 1. The highest BCUT2D eigenvalue weighted by Gasteiger charge is 2.09. The zero-order valence-electron chi connectivity index (χ0n) is 10.7. The zero-order chi connectivity index (χ0) is 12.8. The van der Waals surface area contributed by atoms with E-state index < -0.39 is 5.97 Å². The molecule has 2 N–H and O–H groups in total. The Balaban J connectivity index is 2.31. The van der Waals surface area contributed by atoms with Crippen molar-refractivity contribution in [2.24, 2.45) is 5.92 Å². The molecule has 0 fully saturated rings. The second kappa shape index (κ2) is 6.45. The molecule has 1 rings (SSSR count). The van der Waals surface area contributed by atoms with Gasteiger partial charge in [0.25, 0.3) is 0 Å². The van der Waals surface area contributed by atoms with E-state index in [0.29, 0.717) is 24.3 Å². The lowest BCUT2D eigenvalue weighted by molar-refractivity contribution is 0.0660. The highest BCUT2D eigenvalue weighted by molar-refractivity contribution is 5.84. The minimum absolute atomic E-state index is 0.00312. The SMILES string of the molecule is CC(C)CCC(C)NCc1ccc(C(=O)O)o1. The Morgan fingerprint density at radius 3 is 2.59 bits per heavy atom. The van der Waals surface area contributed by atoms with Gasteiger partial charge in [-0.25, -0.2) is 4.79 Å². The van der Waals surface area contributed by atoms with Gasteiger partial charge in [-0.2, -0.15) is 0 Å². The normalized spacial score (nSPS) is 12.9. The summed E-state index contributed by atoms with van der Waals surface area (Å²) in [6.07, 6.45) is 2.30. The molecule has 0 bridgehead atoms. The van der Waals surface area contributed by atoms with Crippen LogP contribution >= 0.6 is 0 Å². The van der Waals surface area contributed by atoms with Crippen LogP contribution in [0.15, 0.2) is 16.5 Å². The molecule has 0 aliphatic carbocycles. The molecule has 4 heteroatoms. The van der Waals surface area contributed by atoms with Crippen molar-refractivity contribution in [1.29, 1.82) is 0 Å². The van der Waals surface area contributed by atoms with Crippen molar-refractivity contribution in [2.75, 3.05) is 0 Å². The van der Waals surface area contributed by atoms with Gasteiger partial charge in [-0.3, -0.25) is 0 Å². The summed E-state index contributed by atoms with van der Waals surface area (Å²) in [4.78, 5) is 10.6. The van der Waals surface area contributed by atoms with E-state index in [1.807, 2.05) is 0 Å². The summed E-state index contributed by atoms with van der Waals surface area (Å²) in [5, 5.41) is 12.0. The van der Waals surface area contributed by atoms with Gasteiger partial charge in [0.15, 0.2) is 0 Å². The maximum Gasteiger partial charge on any atom is 0.371 e. The molecule has 96 valence electrons. The molecule has 0 aromatic carbocycles. The van der Waals surface area contributed by atoms with Crippen LogP contribution in [0.5, 0.6) is 0 Å². The van der Waals surface area contributed by atoms with E-state index in [-0.39, 0.29) is 5.76 Å². The number of rotatable bonds is 7. The van der Waals surface area contributed by atoms with E-state index in [0.717, 1.165) is 6.42 Å². The van der Waals surface area contributed by atoms with Crippen molar-refractivity contribution >= 4 is 5.97 Å². The molecule has 1 aromatic heterocycles. The lowest BCUT2D eigenvalue weighted by Gasteiger charge is -2.13. The Hall–Kier alpha value is -1.29. The van der Waals surface area contributed by atoms with E-state index in [1.165, 1.54) is 12.5 Å². The molecule has 1 atom stereocenters. The predicted molar refractivity (Wildman–Crippen MR) is 66.0 cm³/mol. The fraction of sp³-hybridized carbons (Fsp3) is 0.615. The summed E-state index contributed by atoms with van der Waals surface area (Å²) in [5.41, 5.74) is 0. The molecule has 0 aliphatic rings. The predicted octanol–water partition coefficient (Wildman–Crippen LogP) is 2.89. The third-order valence-electron chi connectivity index (χ3n) is 2.67. The van der Waals surface area contributed by atoms with Crippen LogP contribution in [0.2, 0.25) is 0 Å². The van der Waals surface area contributed by atoms with E-state index in [9.17, 15) is 4.79 Å². The number of hydrogen-bond donors (Lipinski definition) is 2. The van der Waals surface area contributed by atoms with Crippen molar-refractivity contribution in [1.82, 2.24) is 5.32 Å². The van der Waals surface area contributed by atoms with E-state index >= 15 is 0 Å². The van der Waals surface area contributed by atoms with Crippen molar-refractivity contribution in [3.63, 3.8) is 0 Å². The van der Waals surface area contributed by atoms with Crippen LogP contribution < -0.4 is 5.32 Å². The van der Waals surface area contributed by atoms with Crippen molar-refractivity contribution < 1.29 is 14.3 Å². The van der Waals surface area contributed by atoms with Crippen molar-refractivity contribution in [3.05, 3.63) is 23.7 Å². The molecule has 0 saturated carbocycles. The zero-order valence-corrected chi connectivity index (χ0v) is 10.7. The van der Waals surface area contributed by atoms with Gasteiger partial charge in [-0.1, -0.05) is 13.8 Å². The summed E-state index contributed by atoms with van der Waals surface area (Å²) in [6.45, 7) is 7.12. The standard InChI is InChI=1S/C13H21NO3/c1-9(2)4-5-10(3)14-8-11-6-7-12(17-11)13(15)16/h6-7,9-10,14H,4-5,8H2,1-3H3,(H,15,16). The van der Waals surface area contributed by atoms with Crippen LogP contribution in [0, 0.1) is 5.92 Å². The van der Waals surface area contributed by atoms with E-state index in [1.54, 1.807) is 6.07 Å². The lowest BCUT2D eigenvalue weighted by atomic mass is 10.0. The molecular weight excluding hydrogens is 218 g/mol. The van der Waals surface area contributed by atoms with Crippen LogP contribution in [0.25, 0.3) is 0 Å². The summed E-state index contributed by atoms with van der Waals surface area (Å²) >= 11 is 0. The quantitative estimate of drug-likeness (QED) is 0.768. The molecular formula is C13H21NO3. The fourth-order valence-electron chi connectivity index (χ4n) is 1.55. The molecule has 0 aliphatic heterocycles. The second-order valence-electron chi connectivity index (χ2n) is 4.82. The Bertz CT molecular complexity index is 357. The van der Waals surface area contributed by atoms with Gasteiger partial charge in [0.2, 0.25) is 5.76 Å². The summed E-state index contributed by atoms with van der Waals surface area (Å²) in [5.74, 6) is 0.348. The number of furan rings is 1. The first-order chi connectivity index (χ1) is 7.99. The number of carbonyl (C=O) groups is 1. The topological polar surface area (TPSA) is 62.5 Å². The average molecular weight is 239 g/mol. The van der Waals surface area contributed by atoms with Gasteiger partial charge in [0.1, 0.15) is 5.76 Å². The molecule has 1 heterocycles. The maximum absolute atomic E-state index is 10.6. The first-order valence-corrected chi connectivity index (χ1v) is 6.04. The molecule has 0 saturated heterocycles. The first kappa shape index (κ1) is 13.8. The van der Waals surface area contributed by atoms with Crippen LogP contribution in [-0.2, 0) is 6.54 Å². The third-order valence-corrected chi connectivity index (χ3v) is 2.67. The monoisotopic (exact) mass is 239 g/mol. The smallest absolute Gasteiger partial charge is 0.371 e. The number of carboxylic acid groups (broad SMARTS) is 1. The van der Waals surface area contributed by atoms with Gasteiger partial charge in [0, 0.05) is 6.04 Å². The van der Waals surface area contributed by atoms with Gasteiger partial charge < -0.3 is 14.8 Å². The summed E-state index contributed by atoms with van der Waals surface area (Å²) in [7, 11) is 0.